The maximum Gasteiger partial charge on any atom is 0.0385 e. The SMILES string of the molecule is C=C(C)C1=CC2=C(CCC2)NC1=C. The Kier molecular flexibility index (Phi) is 1.87. The van der Waals surface area contributed by atoms with Gasteiger partial charge < -0.3 is 5.32 Å². The van der Waals surface area contributed by atoms with Gasteiger partial charge in [0.05, 0.1) is 0 Å². The van der Waals surface area contributed by atoms with Crippen molar-refractivity contribution in [1.82, 2.24) is 5.32 Å². The number of dihydropyridines is 1. The number of nitrogens with one attached hydrogen (secondary N) is 1. The molecule has 0 saturated carbocycles. The summed E-state index contributed by atoms with van der Waals surface area (Å²) in [6.07, 6.45) is 5.88. The summed E-state index contributed by atoms with van der Waals surface area (Å²) in [6, 6.07) is 0. The molecule has 0 aromatic heterocycles. The second kappa shape index (κ2) is 2.91. The van der Waals surface area contributed by atoms with Crippen LogP contribution in [0.4, 0.5) is 0 Å². The molecule has 0 unspecified atom stereocenters. The standard InChI is InChI=1S/C12H15N/c1-8(2)11-7-10-5-4-6-12(10)13-9(11)3/h7,13H,1,3-6H2,2H3. The first-order chi connectivity index (χ1) is 6.18. The lowest BCUT2D eigenvalue weighted by Crippen LogP contribution is -2.17. The first-order valence-electron chi connectivity index (χ1n) is 4.74. The molecular formula is C12H15N. The van der Waals surface area contributed by atoms with Crippen LogP contribution in [0, 0.1) is 0 Å². The molecule has 13 heavy (non-hydrogen) atoms. The highest BCUT2D eigenvalue weighted by molar-refractivity contribution is 5.52. The predicted molar refractivity (Wildman–Crippen MR) is 56.0 cm³/mol. The van der Waals surface area contributed by atoms with Crippen LogP contribution in [0.5, 0.6) is 0 Å². The molecule has 0 aromatic rings. The molecular weight excluding hydrogens is 158 g/mol. The average molecular weight is 173 g/mol. The topological polar surface area (TPSA) is 12.0 Å². The van der Waals surface area contributed by atoms with Gasteiger partial charge in [-0.25, -0.2) is 0 Å². The van der Waals surface area contributed by atoms with Gasteiger partial charge in [-0.2, -0.15) is 0 Å². The molecule has 0 amide bonds. The van der Waals surface area contributed by atoms with Crippen molar-refractivity contribution in [3.05, 3.63) is 47.3 Å². The summed E-state index contributed by atoms with van der Waals surface area (Å²) in [5, 5.41) is 3.37. The lowest BCUT2D eigenvalue weighted by molar-refractivity contribution is 0.851. The Bertz CT molecular complexity index is 342. The molecule has 1 heterocycles. The number of hydrogen-bond donors (Lipinski definition) is 1. The molecule has 2 rings (SSSR count). The zero-order chi connectivity index (χ0) is 9.42. The minimum Gasteiger partial charge on any atom is -0.359 e. The largest absolute Gasteiger partial charge is 0.359 e. The van der Waals surface area contributed by atoms with E-state index >= 15 is 0 Å². The Labute approximate surface area is 79.5 Å². The molecule has 0 radical (unpaired) electrons. The van der Waals surface area contributed by atoms with Gasteiger partial charge in [-0.15, -0.1) is 0 Å². The molecule has 1 N–H and O–H groups in total. The first kappa shape index (κ1) is 8.36. The molecule has 0 saturated heterocycles. The van der Waals surface area contributed by atoms with Crippen LogP contribution in [0.1, 0.15) is 26.2 Å². The van der Waals surface area contributed by atoms with Crippen molar-refractivity contribution in [2.75, 3.05) is 0 Å². The molecule has 0 fully saturated rings. The van der Waals surface area contributed by atoms with E-state index in [2.05, 4.69) is 24.6 Å². The molecule has 68 valence electrons. The maximum atomic E-state index is 4.00. The van der Waals surface area contributed by atoms with Gasteiger partial charge in [0.2, 0.25) is 0 Å². The third-order valence-corrected chi connectivity index (χ3v) is 2.67. The van der Waals surface area contributed by atoms with Crippen molar-refractivity contribution >= 4 is 0 Å². The second-order valence-corrected chi connectivity index (χ2v) is 3.80. The molecule has 1 aliphatic carbocycles. The maximum absolute atomic E-state index is 4.00. The lowest BCUT2D eigenvalue weighted by atomic mass is 9.99. The lowest BCUT2D eigenvalue weighted by Gasteiger charge is -2.20. The van der Waals surface area contributed by atoms with Crippen LogP contribution >= 0.6 is 0 Å². The zero-order valence-electron chi connectivity index (χ0n) is 8.11. The van der Waals surface area contributed by atoms with E-state index in [0.29, 0.717) is 0 Å². The quantitative estimate of drug-likeness (QED) is 0.642. The van der Waals surface area contributed by atoms with Gasteiger partial charge in [-0.1, -0.05) is 13.2 Å². The summed E-state index contributed by atoms with van der Waals surface area (Å²) in [5.41, 5.74) is 6.10. The third-order valence-electron chi connectivity index (χ3n) is 2.67. The average Bonchev–Trinajstić information content (AvgIpc) is 2.48. The van der Waals surface area contributed by atoms with Crippen LogP contribution in [0.15, 0.2) is 47.3 Å². The highest BCUT2D eigenvalue weighted by atomic mass is 14.9. The summed E-state index contributed by atoms with van der Waals surface area (Å²) < 4.78 is 0. The highest BCUT2D eigenvalue weighted by Gasteiger charge is 2.19. The Hall–Kier alpha value is -1.24. The van der Waals surface area contributed by atoms with Gasteiger partial charge in [0.25, 0.3) is 0 Å². The van der Waals surface area contributed by atoms with Crippen LogP contribution < -0.4 is 5.32 Å². The van der Waals surface area contributed by atoms with Gasteiger partial charge in [0.15, 0.2) is 0 Å². The fraction of sp³-hybridized carbons (Fsp3) is 0.333. The van der Waals surface area contributed by atoms with Gasteiger partial charge in [-0.05, 0) is 49.0 Å². The number of allylic oxidation sites excluding steroid dienone is 4. The Morgan fingerprint density at radius 1 is 1.46 bits per heavy atom. The highest BCUT2D eigenvalue weighted by Crippen LogP contribution is 2.33. The Balaban J connectivity index is 2.38. The zero-order valence-corrected chi connectivity index (χ0v) is 8.11. The summed E-state index contributed by atoms with van der Waals surface area (Å²) in [7, 11) is 0. The van der Waals surface area contributed by atoms with Crippen molar-refractivity contribution in [2.24, 2.45) is 0 Å². The first-order valence-corrected chi connectivity index (χ1v) is 4.74. The Morgan fingerprint density at radius 3 is 2.92 bits per heavy atom. The normalized spacial score (nSPS) is 21.0. The van der Waals surface area contributed by atoms with Crippen LogP contribution in [0.2, 0.25) is 0 Å². The fourth-order valence-electron chi connectivity index (χ4n) is 1.96. The predicted octanol–water partition coefficient (Wildman–Crippen LogP) is 3.04. The third kappa shape index (κ3) is 1.35. The van der Waals surface area contributed by atoms with E-state index in [9.17, 15) is 0 Å². The van der Waals surface area contributed by atoms with E-state index in [4.69, 9.17) is 0 Å². The van der Waals surface area contributed by atoms with Crippen molar-refractivity contribution in [2.45, 2.75) is 26.2 Å². The molecule has 1 aliphatic heterocycles. The molecule has 0 atom stereocenters. The molecule has 2 aliphatic rings. The molecule has 1 nitrogen and oxygen atoms in total. The van der Waals surface area contributed by atoms with Crippen LogP contribution in [0.3, 0.4) is 0 Å². The van der Waals surface area contributed by atoms with E-state index in [1.807, 2.05) is 6.92 Å². The summed E-state index contributed by atoms with van der Waals surface area (Å²) >= 11 is 0. The molecule has 0 spiro atoms. The van der Waals surface area contributed by atoms with E-state index in [0.717, 1.165) is 11.3 Å². The monoisotopic (exact) mass is 173 g/mol. The smallest absolute Gasteiger partial charge is 0.0385 e. The van der Waals surface area contributed by atoms with Gasteiger partial charge in [0, 0.05) is 11.4 Å². The number of hydrogen-bond acceptors (Lipinski definition) is 1. The van der Waals surface area contributed by atoms with Gasteiger partial charge in [0.1, 0.15) is 0 Å². The summed E-state index contributed by atoms with van der Waals surface area (Å²) in [4.78, 5) is 0. The van der Waals surface area contributed by atoms with E-state index < -0.39 is 0 Å². The van der Waals surface area contributed by atoms with Gasteiger partial charge in [-0.3, -0.25) is 0 Å². The summed E-state index contributed by atoms with van der Waals surface area (Å²) in [5.74, 6) is 0. The van der Waals surface area contributed by atoms with Crippen LogP contribution in [-0.4, -0.2) is 0 Å². The second-order valence-electron chi connectivity index (χ2n) is 3.80. The minimum atomic E-state index is 1.01. The van der Waals surface area contributed by atoms with Crippen LogP contribution in [0.25, 0.3) is 0 Å². The molecule has 1 heteroatoms. The van der Waals surface area contributed by atoms with Crippen molar-refractivity contribution < 1.29 is 0 Å². The van der Waals surface area contributed by atoms with Crippen molar-refractivity contribution in [3.63, 3.8) is 0 Å². The van der Waals surface area contributed by atoms with E-state index in [1.165, 1.54) is 36.1 Å². The Morgan fingerprint density at radius 2 is 2.23 bits per heavy atom. The van der Waals surface area contributed by atoms with Crippen molar-refractivity contribution in [1.29, 1.82) is 0 Å². The molecule has 0 bridgehead atoms. The van der Waals surface area contributed by atoms with E-state index in [1.54, 1.807) is 0 Å². The molecule has 0 aromatic carbocycles. The fourth-order valence-corrected chi connectivity index (χ4v) is 1.96. The minimum absolute atomic E-state index is 1.01. The number of rotatable bonds is 1. The van der Waals surface area contributed by atoms with E-state index in [-0.39, 0.29) is 0 Å². The van der Waals surface area contributed by atoms with Crippen molar-refractivity contribution in [3.8, 4) is 0 Å². The summed E-state index contributed by atoms with van der Waals surface area (Å²) in [6.45, 7) is 9.98. The van der Waals surface area contributed by atoms with Crippen LogP contribution in [-0.2, 0) is 0 Å². The van der Waals surface area contributed by atoms with Gasteiger partial charge >= 0.3 is 0 Å².